The van der Waals surface area contributed by atoms with Crippen molar-refractivity contribution in [3.8, 4) is 11.5 Å². The zero-order valence-corrected chi connectivity index (χ0v) is 12.3. The van der Waals surface area contributed by atoms with E-state index >= 15 is 0 Å². The Kier molecular flexibility index (Phi) is 2.82. The van der Waals surface area contributed by atoms with E-state index in [-0.39, 0.29) is 0 Å². The Morgan fingerprint density at radius 2 is 2.00 bits per heavy atom. The Bertz CT molecular complexity index is 777. The van der Waals surface area contributed by atoms with Crippen LogP contribution in [0.5, 0.6) is 0 Å². The van der Waals surface area contributed by atoms with Gasteiger partial charge in [-0.15, -0.1) is 0 Å². The summed E-state index contributed by atoms with van der Waals surface area (Å²) in [4.78, 5) is 4.53. The Morgan fingerprint density at radius 1 is 1.21 bits per heavy atom. The van der Waals surface area contributed by atoms with Gasteiger partial charge in [0, 0.05) is 11.3 Å². The highest BCUT2D eigenvalue weighted by Gasteiger charge is 2.13. The van der Waals surface area contributed by atoms with Crippen molar-refractivity contribution in [2.75, 3.05) is 5.73 Å². The summed E-state index contributed by atoms with van der Waals surface area (Å²) < 4.78 is 6.77. The first-order valence-corrected chi connectivity index (χ1v) is 6.77. The molecule has 0 aliphatic rings. The smallest absolute Gasteiger partial charge is 0.227 e. The monoisotopic (exact) mass is 316 g/mol. The van der Waals surface area contributed by atoms with Crippen LogP contribution >= 0.6 is 15.9 Å². The van der Waals surface area contributed by atoms with Crippen LogP contribution < -0.4 is 5.73 Å². The maximum absolute atomic E-state index is 5.91. The number of hydrogen-bond donors (Lipinski definition) is 1. The van der Waals surface area contributed by atoms with Gasteiger partial charge < -0.3 is 10.2 Å². The molecule has 0 saturated heterocycles. The number of nitrogen functional groups attached to an aromatic ring is 1. The van der Waals surface area contributed by atoms with Crippen LogP contribution in [0.2, 0.25) is 0 Å². The molecule has 4 heteroatoms. The van der Waals surface area contributed by atoms with E-state index in [0.717, 1.165) is 38.0 Å². The second kappa shape index (κ2) is 4.38. The number of halogens is 1. The van der Waals surface area contributed by atoms with E-state index in [1.165, 1.54) is 0 Å². The van der Waals surface area contributed by atoms with Gasteiger partial charge in [0.05, 0.1) is 4.47 Å². The molecule has 0 bridgehead atoms. The van der Waals surface area contributed by atoms with E-state index in [1.807, 2.05) is 44.2 Å². The van der Waals surface area contributed by atoms with Crippen molar-refractivity contribution < 1.29 is 4.42 Å². The Labute approximate surface area is 119 Å². The standard InChI is InChI=1S/C15H13BrN2O/c1-8-6-10(17)7-11(9(8)2)15-18-13-5-3-4-12(16)14(13)19-15/h3-7H,17H2,1-2H3. The molecule has 0 atom stereocenters. The first kappa shape index (κ1) is 12.2. The molecule has 0 spiro atoms. The Balaban J connectivity index is 2.28. The fourth-order valence-corrected chi connectivity index (χ4v) is 2.58. The molecule has 3 aromatic rings. The molecule has 0 radical (unpaired) electrons. The van der Waals surface area contributed by atoms with Crippen molar-refractivity contribution >= 4 is 32.7 Å². The zero-order valence-electron chi connectivity index (χ0n) is 10.7. The van der Waals surface area contributed by atoms with Gasteiger partial charge in [-0.05, 0) is 65.2 Å². The van der Waals surface area contributed by atoms with E-state index < -0.39 is 0 Å². The number of hydrogen-bond acceptors (Lipinski definition) is 3. The molecule has 96 valence electrons. The molecule has 0 saturated carbocycles. The molecule has 19 heavy (non-hydrogen) atoms. The average molecular weight is 317 g/mol. The topological polar surface area (TPSA) is 52.0 Å². The van der Waals surface area contributed by atoms with Gasteiger partial charge in [0.15, 0.2) is 5.58 Å². The number of aryl methyl sites for hydroxylation is 1. The minimum absolute atomic E-state index is 0.606. The van der Waals surface area contributed by atoms with Gasteiger partial charge in [0.2, 0.25) is 5.89 Å². The van der Waals surface area contributed by atoms with Crippen LogP contribution in [0, 0.1) is 13.8 Å². The molecule has 0 aliphatic carbocycles. The Morgan fingerprint density at radius 3 is 2.74 bits per heavy atom. The molecule has 0 fully saturated rings. The van der Waals surface area contributed by atoms with Crippen molar-refractivity contribution in [1.29, 1.82) is 0 Å². The van der Waals surface area contributed by atoms with E-state index in [0.29, 0.717) is 5.89 Å². The third-order valence-corrected chi connectivity index (χ3v) is 3.91. The number of oxazole rings is 1. The molecular weight excluding hydrogens is 304 g/mol. The number of nitrogens with zero attached hydrogens (tertiary/aromatic N) is 1. The fourth-order valence-electron chi connectivity index (χ4n) is 2.14. The Hall–Kier alpha value is -1.81. The van der Waals surface area contributed by atoms with E-state index in [4.69, 9.17) is 10.2 Å². The summed E-state index contributed by atoms with van der Waals surface area (Å²) in [5.41, 5.74) is 11.4. The van der Waals surface area contributed by atoms with E-state index in [1.54, 1.807) is 0 Å². The normalized spacial score (nSPS) is 11.1. The van der Waals surface area contributed by atoms with Crippen LogP contribution in [0.4, 0.5) is 5.69 Å². The molecule has 2 aromatic carbocycles. The summed E-state index contributed by atoms with van der Waals surface area (Å²) in [7, 11) is 0. The van der Waals surface area contributed by atoms with Crippen molar-refractivity contribution in [2.24, 2.45) is 0 Å². The summed E-state index contributed by atoms with van der Waals surface area (Å²) >= 11 is 3.47. The van der Waals surface area contributed by atoms with Gasteiger partial charge in [-0.3, -0.25) is 0 Å². The summed E-state index contributed by atoms with van der Waals surface area (Å²) in [5, 5.41) is 0. The fraction of sp³-hybridized carbons (Fsp3) is 0.133. The largest absolute Gasteiger partial charge is 0.435 e. The predicted molar refractivity (Wildman–Crippen MR) is 81.0 cm³/mol. The van der Waals surface area contributed by atoms with Crippen LogP contribution in [-0.2, 0) is 0 Å². The lowest BCUT2D eigenvalue weighted by Gasteiger charge is -2.06. The summed E-state index contributed by atoms with van der Waals surface area (Å²) in [6.07, 6.45) is 0. The van der Waals surface area contributed by atoms with E-state index in [2.05, 4.69) is 20.9 Å². The van der Waals surface area contributed by atoms with Crippen LogP contribution in [0.3, 0.4) is 0 Å². The van der Waals surface area contributed by atoms with Crippen LogP contribution in [0.25, 0.3) is 22.6 Å². The molecule has 1 heterocycles. The van der Waals surface area contributed by atoms with E-state index in [9.17, 15) is 0 Å². The molecule has 0 unspecified atom stereocenters. The maximum atomic E-state index is 5.91. The lowest BCUT2D eigenvalue weighted by molar-refractivity contribution is 0.617. The number of rotatable bonds is 1. The quantitative estimate of drug-likeness (QED) is 0.674. The zero-order chi connectivity index (χ0) is 13.6. The predicted octanol–water partition coefficient (Wildman–Crippen LogP) is 4.46. The second-order valence-corrected chi connectivity index (χ2v) is 5.47. The molecule has 2 N–H and O–H groups in total. The van der Waals surface area contributed by atoms with Gasteiger partial charge >= 0.3 is 0 Å². The number of nitrogens with two attached hydrogens (primary N) is 1. The first-order chi connectivity index (χ1) is 9.06. The number of aromatic nitrogens is 1. The maximum Gasteiger partial charge on any atom is 0.227 e. The highest BCUT2D eigenvalue weighted by Crippen LogP contribution is 2.32. The van der Waals surface area contributed by atoms with Gasteiger partial charge in [0.25, 0.3) is 0 Å². The lowest BCUT2D eigenvalue weighted by Crippen LogP contribution is -1.92. The van der Waals surface area contributed by atoms with Gasteiger partial charge in [-0.1, -0.05) is 6.07 Å². The first-order valence-electron chi connectivity index (χ1n) is 5.98. The van der Waals surface area contributed by atoms with Crippen LogP contribution in [0.1, 0.15) is 11.1 Å². The van der Waals surface area contributed by atoms with Crippen LogP contribution in [-0.4, -0.2) is 4.98 Å². The second-order valence-electron chi connectivity index (χ2n) is 4.62. The average Bonchev–Trinajstić information content (AvgIpc) is 2.79. The molecule has 0 aliphatic heterocycles. The number of anilines is 1. The highest BCUT2D eigenvalue weighted by atomic mass is 79.9. The molecule has 1 aromatic heterocycles. The number of para-hydroxylation sites is 1. The van der Waals surface area contributed by atoms with Crippen LogP contribution in [0.15, 0.2) is 39.2 Å². The molecule has 3 nitrogen and oxygen atoms in total. The lowest BCUT2D eigenvalue weighted by atomic mass is 10.0. The highest BCUT2D eigenvalue weighted by molar-refractivity contribution is 9.10. The SMILES string of the molecule is Cc1cc(N)cc(-c2nc3cccc(Br)c3o2)c1C. The summed E-state index contributed by atoms with van der Waals surface area (Å²) in [6, 6.07) is 9.67. The molecule has 0 amide bonds. The minimum atomic E-state index is 0.606. The number of fused-ring (bicyclic) bond motifs is 1. The van der Waals surface area contributed by atoms with Crippen molar-refractivity contribution in [3.63, 3.8) is 0 Å². The van der Waals surface area contributed by atoms with Crippen molar-refractivity contribution in [1.82, 2.24) is 4.98 Å². The van der Waals surface area contributed by atoms with Crippen molar-refractivity contribution in [3.05, 3.63) is 45.9 Å². The summed E-state index contributed by atoms with van der Waals surface area (Å²) in [6.45, 7) is 4.09. The van der Waals surface area contributed by atoms with Gasteiger partial charge in [-0.2, -0.15) is 0 Å². The third-order valence-electron chi connectivity index (χ3n) is 3.29. The van der Waals surface area contributed by atoms with Gasteiger partial charge in [0.1, 0.15) is 5.52 Å². The number of benzene rings is 2. The van der Waals surface area contributed by atoms with Crippen molar-refractivity contribution in [2.45, 2.75) is 13.8 Å². The third kappa shape index (κ3) is 2.02. The molecular formula is C15H13BrN2O. The summed E-state index contributed by atoms with van der Waals surface area (Å²) in [5.74, 6) is 0.606. The minimum Gasteiger partial charge on any atom is -0.435 e. The van der Waals surface area contributed by atoms with Gasteiger partial charge in [-0.25, -0.2) is 4.98 Å². The molecule has 3 rings (SSSR count).